The molecule has 0 fully saturated rings. The summed E-state index contributed by atoms with van der Waals surface area (Å²) in [6.45, 7) is 6.33. The smallest absolute Gasteiger partial charge is 0.306 e. The van der Waals surface area contributed by atoms with Crippen LogP contribution in [0.2, 0.25) is 0 Å². The van der Waals surface area contributed by atoms with E-state index in [4.69, 9.17) is 14.2 Å². The Morgan fingerprint density at radius 2 is 0.577 bits per heavy atom. The first-order valence-corrected chi connectivity index (χ1v) is 29.0. The van der Waals surface area contributed by atoms with Gasteiger partial charge in [0.15, 0.2) is 6.10 Å². The summed E-state index contributed by atoms with van der Waals surface area (Å²) in [5.74, 6) is -1.02. The van der Waals surface area contributed by atoms with Crippen molar-refractivity contribution < 1.29 is 28.6 Å². The number of carbonyl (C=O) groups is 3. The Bertz CT molecular complexity index is 1500. The monoisotopic (exact) mass is 983 g/mol. The van der Waals surface area contributed by atoms with Gasteiger partial charge in [0.05, 0.1) is 0 Å². The fraction of sp³-hybridized carbons (Fsp3) is 0.646. The summed E-state index contributed by atoms with van der Waals surface area (Å²) in [5, 5.41) is 0. The van der Waals surface area contributed by atoms with Crippen LogP contribution in [0.15, 0.2) is 122 Å². The summed E-state index contributed by atoms with van der Waals surface area (Å²) in [6, 6.07) is 0. The highest BCUT2D eigenvalue weighted by atomic mass is 16.6. The quantitative estimate of drug-likeness (QED) is 0.0261. The van der Waals surface area contributed by atoms with Crippen LogP contribution in [0.4, 0.5) is 0 Å². The summed E-state index contributed by atoms with van der Waals surface area (Å²) in [6.07, 6.45) is 80.6. The van der Waals surface area contributed by atoms with Crippen LogP contribution in [0.3, 0.4) is 0 Å². The Labute approximate surface area is 437 Å². The standard InChI is InChI=1S/C65H106O6/c1-4-7-10-13-16-19-22-25-28-31-33-35-37-40-43-46-49-52-55-58-64(67)70-61-62(60-69-63(66)57-54-51-48-45-42-39-36-30-27-24-21-18-15-12-9-6-3)71-65(68)59-56-53-50-47-44-41-38-34-32-29-26-23-20-17-14-11-8-5-2/h7,9-10,12,16,18-19,21,25,27-28,30,33-35,38,40,43,49,52,62H,4-6,8,11,13-15,17,20,22-24,26,29,31-32,36-37,39,41-42,44-48,50-51,53-61H2,1-3H3/b10-7-,12-9-,19-16-,21-18-,28-25-,30-27-,35-33-,38-34-,43-40-,52-49-. The molecule has 0 saturated heterocycles. The molecule has 1 unspecified atom stereocenters. The molecule has 6 heteroatoms. The first-order valence-electron chi connectivity index (χ1n) is 29.0. The summed E-state index contributed by atoms with van der Waals surface area (Å²) < 4.78 is 16.8. The maximum atomic E-state index is 12.9. The number of allylic oxidation sites excluding steroid dienone is 20. The van der Waals surface area contributed by atoms with Gasteiger partial charge >= 0.3 is 17.9 Å². The third kappa shape index (κ3) is 56.6. The molecule has 1 atom stereocenters. The van der Waals surface area contributed by atoms with Crippen molar-refractivity contribution in [2.24, 2.45) is 0 Å². The molecule has 0 aromatic rings. The molecular formula is C65H106O6. The molecule has 0 aromatic heterocycles. The predicted octanol–water partition coefficient (Wildman–Crippen LogP) is 19.6. The largest absolute Gasteiger partial charge is 0.462 e. The lowest BCUT2D eigenvalue weighted by Crippen LogP contribution is -2.30. The van der Waals surface area contributed by atoms with Gasteiger partial charge in [0, 0.05) is 19.3 Å². The second kappa shape index (κ2) is 58.4. The average Bonchev–Trinajstić information content (AvgIpc) is 3.37. The molecule has 0 aliphatic carbocycles. The number of hydrogen-bond donors (Lipinski definition) is 0. The summed E-state index contributed by atoms with van der Waals surface area (Å²) in [5.41, 5.74) is 0. The molecule has 0 rings (SSSR count). The van der Waals surface area contributed by atoms with Gasteiger partial charge in [-0.15, -0.1) is 0 Å². The molecule has 0 heterocycles. The maximum absolute atomic E-state index is 12.9. The van der Waals surface area contributed by atoms with Crippen LogP contribution in [-0.4, -0.2) is 37.2 Å². The first-order chi connectivity index (χ1) is 35.0. The lowest BCUT2D eigenvalue weighted by Gasteiger charge is -2.18. The molecule has 0 N–H and O–H groups in total. The molecule has 0 aliphatic heterocycles. The fourth-order valence-corrected chi connectivity index (χ4v) is 7.65. The minimum absolute atomic E-state index is 0.114. The SMILES string of the molecule is CC/C=C\C/C=C\C/C=C\C/C=C\C/C=C\C/C=C\CCC(=O)OCC(COC(=O)CCCCCCCC/C=C\C/C=C\C/C=C\CC)OC(=O)CCCCCCC/C=C\CCCCCCCCCCC. The van der Waals surface area contributed by atoms with E-state index in [9.17, 15) is 14.4 Å². The lowest BCUT2D eigenvalue weighted by atomic mass is 10.1. The Morgan fingerprint density at radius 3 is 0.958 bits per heavy atom. The van der Waals surface area contributed by atoms with Crippen molar-refractivity contribution in [2.75, 3.05) is 13.2 Å². The van der Waals surface area contributed by atoms with E-state index in [0.29, 0.717) is 19.3 Å². The lowest BCUT2D eigenvalue weighted by molar-refractivity contribution is -0.166. The number of unbranched alkanes of at least 4 members (excludes halogenated alkanes) is 20. The van der Waals surface area contributed by atoms with Crippen molar-refractivity contribution in [3.8, 4) is 0 Å². The zero-order chi connectivity index (χ0) is 51.4. The summed E-state index contributed by atoms with van der Waals surface area (Å²) in [7, 11) is 0. The molecule has 6 nitrogen and oxygen atoms in total. The van der Waals surface area contributed by atoms with Gasteiger partial charge in [0.2, 0.25) is 0 Å². The minimum Gasteiger partial charge on any atom is -0.462 e. The van der Waals surface area contributed by atoms with Crippen LogP contribution in [0, 0.1) is 0 Å². The van der Waals surface area contributed by atoms with Crippen molar-refractivity contribution in [3.05, 3.63) is 122 Å². The topological polar surface area (TPSA) is 78.9 Å². The van der Waals surface area contributed by atoms with E-state index >= 15 is 0 Å². The molecule has 0 radical (unpaired) electrons. The van der Waals surface area contributed by atoms with Gasteiger partial charge < -0.3 is 14.2 Å². The molecule has 0 aliphatic rings. The number of carbonyl (C=O) groups excluding carboxylic acids is 3. The number of rotatable bonds is 51. The van der Waals surface area contributed by atoms with E-state index < -0.39 is 6.10 Å². The van der Waals surface area contributed by atoms with E-state index in [0.717, 1.165) is 122 Å². The van der Waals surface area contributed by atoms with Crippen molar-refractivity contribution in [3.63, 3.8) is 0 Å². The molecule has 0 amide bonds. The third-order valence-electron chi connectivity index (χ3n) is 11.9. The minimum atomic E-state index is -0.823. The highest BCUT2D eigenvalue weighted by Crippen LogP contribution is 2.14. The van der Waals surface area contributed by atoms with Gasteiger partial charge in [-0.2, -0.15) is 0 Å². The van der Waals surface area contributed by atoms with E-state index in [1.54, 1.807) is 0 Å². The fourth-order valence-electron chi connectivity index (χ4n) is 7.65. The summed E-state index contributed by atoms with van der Waals surface area (Å²) in [4.78, 5) is 38.2. The Hall–Kier alpha value is -4.19. The van der Waals surface area contributed by atoms with Crippen LogP contribution in [0.5, 0.6) is 0 Å². The zero-order valence-electron chi connectivity index (χ0n) is 45.9. The normalized spacial score (nSPS) is 13.0. The molecular weight excluding hydrogens is 877 g/mol. The highest BCUT2D eigenvalue weighted by molar-refractivity contribution is 5.71. The van der Waals surface area contributed by atoms with Crippen LogP contribution in [0.25, 0.3) is 0 Å². The van der Waals surface area contributed by atoms with Gasteiger partial charge in [0.1, 0.15) is 13.2 Å². The summed E-state index contributed by atoms with van der Waals surface area (Å²) >= 11 is 0. The van der Waals surface area contributed by atoms with Crippen molar-refractivity contribution in [1.29, 1.82) is 0 Å². The van der Waals surface area contributed by atoms with Gasteiger partial charge in [-0.05, 0) is 116 Å². The number of ether oxygens (including phenoxy) is 3. The van der Waals surface area contributed by atoms with Gasteiger partial charge in [-0.3, -0.25) is 14.4 Å². The molecule has 0 aromatic carbocycles. The van der Waals surface area contributed by atoms with Crippen LogP contribution in [-0.2, 0) is 28.6 Å². The van der Waals surface area contributed by atoms with Crippen molar-refractivity contribution in [1.82, 2.24) is 0 Å². The third-order valence-corrected chi connectivity index (χ3v) is 11.9. The second-order valence-corrected chi connectivity index (χ2v) is 18.8. The molecule has 0 spiro atoms. The van der Waals surface area contributed by atoms with Crippen molar-refractivity contribution in [2.45, 2.75) is 258 Å². The van der Waals surface area contributed by atoms with Gasteiger partial charge in [0.25, 0.3) is 0 Å². The molecule has 402 valence electrons. The Kier molecular flexibility index (Phi) is 54.9. The van der Waals surface area contributed by atoms with E-state index in [1.165, 1.54) is 83.5 Å². The van der Waals surface area contributed by atoms with E-state index in [-0.39, 0.29) is 37.5 Å². The number of esters is 3. The second-order valence-electron chi connectivity index (χ2n) is 18.8. The van der Waals surface area contributed by atoms with Crippen LogP contribution >= 0.6 is 0 Å². The average molecular weight is 984 g/mol. The van der Waals surface area contributed by atoms with E-state index in [1.807, 2.05) is 6.08 Å². The molecule has 71 heavy (non-hydrogen) atoms. The maximum Gasteiger partial charge on any atom is 0.306 e. The first kappa shape index (κ1) is 66.8. The Balaban J connectivity index is 4.54. The van der Waals surface area contributed by atoms with E-state index in [2.05, 4.69) is 136 Å². The van der Waals surface area contributed by atoms with Crippen molar-refractivity contribution >= 4 is 17.9 Å². The van der Waals surface area contributed by atoms with Crippen LogP contribution in [0.1, 0.15) is 252 Å². The zero-order valence-corrected chi connectivity index (χ0v) is 45.9. The van der Waals surface area contributed by atoms with Gasteiger partial charge in [-0.25, -0.2) is 0 Å². The Morgan fingerprint density at radius 1 is 0.296 bits per heavy atom. The molecule has 0 bridgehead atoms. The number of hydrogen-bond acceptors (Lipinski definition) is 6. The van der Waals surface area contributed by atoms with Gasteiger partial charge in [-0.1, -0.05) is 239 Å². The molecule has 0 saturated carbocycles. The highest BCUT2D eigenvalue weighted by Gasteiger charge is 2.19. The van der Waals surface area contributed by atoms with Crippen LogP contribution < -0.4 is 0 Å². The predicted molar refractivity (Wildman–Crippen MR) is 306 cm³/mol.